The molecule has 2 rings (SSSR count). The van der Waals surface area contributed by atoms with Gasteiger partial charge < -0.3 is 5.32 Å². The fraction of sp³-hybridized carbons (Fsp3) is 0.0714. The Hall–Kier alpha value is -1.46. The monoisotopic (exact) mass is 359 g/mol. The van der Waals surface area contributed by atoms with E-state index in [0.717, 1.165) is 6.07 Å². The molecule has 0 aromatic heterocycles. The Labute approximate surface area is 127 Å². The van der Waals surface area contributed by atoms with Gasteiger partial charge in [0.2, 0.25) is 0 Å². The first-order chi connectivity index (χ1) is 9.47. The number of halogens is 4. The number of carbonyl (C=O) groups is 1. The molecule has 0 radical (unpaired) electrons. The summed E-state index contributed by atoms with van der Waals surface area (Å²) in [5.74, 6) is -1.45. The topological polar surface area (TPSA) is 29.1 Å². The molecule has 0 unspecified atom stereocenters. The molecular formula is C14H9BrClF2NO. The van der Waals surface area contributed by atoms with Gasteiger partial charge in [-0.25, -0.2) is 8.78 Å². The highest BCUT2D eigenvalue weighted by Gasteiger charge is 2.09. The molecule has 0 atom stereocenters. The van der Waals surface area contributed by atoms with Crippen LogP contribution in [0.15, 0.2) is 40.9 Å². The van der Waals surface area contributed by atoms with Crippen LogP contribution in [0.2, 0.25) is 5.02 Å². The van der Waals surface area contributed by atoms with Gasteiger partial charge in [-0.3, -0.25) is 4.79 Å². The highest BCUT2D eigenvalue weighted by molar-refractivity contribution is 9.10. The minimum absolute atomic E-state index is 0.00793. The van der Waals surface area contributed by atoms with E-state index in [1.165, 1.54) is 30.3 Å². The van der Waals surface area contributed by atoms with Gasteiger partial charge in [0, 0.05) is 12.1 Å². The number of carbonyl (C=O) groups excluding carboxylic acids is 1. The van der Waals surface area contributed by atoms with Crippen molar-refractivity contribution in [3.05, 3.63) is 68.7 Å². The number of benzene rings is 2. The summed E-state index contributed by atoms with van der Waals surface area (Å²) < 4.78 is 26.6. The SMILES string of the molecule is O=C(NCc1ccc(F)c(Cl)c1)c1ccc(Br)c(F)c1. The van der Waals surface area contributed by atoms with Crippen molar-refractivity contribution in [2.24, 2.45) is 0 Å². The lowest BCUT2D eigenvalue weighted by molar-refractivity contribution is 0.0950. The van der Waals surface area contributed by atoms with Crippen LogP contribution < -0.4 is 5.32 Å². The van der Waals surface area contributed by atoms with Crippen molar-refractivity contribution >= 4 is 33.4 Å². The van der Waals surface area contributed by atoms with Crippen molar-refractivity contribution < 1.29 is 13.6 Å². The first-order valence-electron chi connectivity index (χ1n) is 5.64. The third-order valence-corrected chi connectivity index (χ3v) is 3.55. The van der Waals surface area contributed by atoms with Gasteiger partial charge in [-0.1, -0.05) is 17.7 Å². The van der Waals surface area contributed by atoms with Crippen LogP contribution in [0, 0.1) is 11.6 Å². The molecule has 0 aliphatic rings. The molecular weight excluding hydrogens is 352 g/mol. The lowest BCUT2D eigenvalue weighted by Gasteiger charge is -2.07. The summed E-state index contributed by atoms with van der Waals surface area (Å²) in [6.45, 7) is 0.177. The van der Waals surface area contributed by atoms with Crippen LogP contribution in [0.3, 0.4) is 0 Å². The summed E-state index contributed by atoms with van der Waals surface area (Å²) in [5.41, 5.74) is 0.862. The average Bonchev–Trinajstić information content (AvgIpc) is 2.43. The fourth-order valence-electron chi connectivity index (χ4n) is 1.57. The third-order valence-electron chi connectivity index (χ3n) is 2.62. The Bertz CT molecular complexity index is 664. The molecule has 20 heavy (non-hydrogen) atoms. The van der Waals surface area contributed by atoms with E-state index in [9.17, 15) is 13.6 Å². The average molecular weight is 361 g/mol. The second-order valence-electron chi connectivity index (χ2n) is 4.06. The smallest absolute Gasteiger partial charge is 0.251 e. The molecule has 0 spiro atoms. The predicted molar refractivity (Wildman–Crippen MR) is 76.7 cm³/mol. The van der Waals surface area contributed by atoms with Crippen LogP contribution in [0.5, 0.6) is 0 Å². The lowest BCUT2D eigenvalue weighted by atomic mass is 10.2. The van der Waals surface area contributed by atoms with Gasteiger partial charge in [0.25, 0.3) is 5.91 Å². The Morgan fingerprint density at radius 3 is 2.55 bits per heavy atom. The quantitative estimate of drug-likeness (QED) is 0.868. The van der Waals surface area contributed by atoms with Crippen LogP contribution in [-0.2, 0) is 6.54 Å². The van der Waals surface area contributed by atoms with Crippen molar-refractivity contribution in [2.75, 3.05) is 0 Å². The van der Waals surface area contributed by atoms with Gasteiger partial charge in [-0.15, -0.1) is 0 Å². The van der Waals surface area contributed by atoms with E-state index in [1.54, 1.807) is 0 Å². The zero-order valence-corrected chi connectivity index (χ0v) is 12.4. The first-order valence-corrected chi connectivity index (χ1v) is 6.81. The number of nitrogens with one attached hydrogen (secondary N) is 1. The Morgan fingerprint density at radius 1 is 1.15 bits per heavy atom. The van der Waals surface area contributed by atoms with E-state index < -0.39 is 17.5 Å². The second kappa shape index (κ2) is 6.33. The Balaban J connectivity index is 2.04. The van der Waals surface area contributed by atoms with Crippen molar-refractivity contribution in [1.82, 2.24) is 5.32 Å². The standard InChI is InChI=1S/C14H9BrClF2NO/c15-10-3-2-9(6-13(10)18)14(20)19-7-8-1-4-12(17)11(16)5-8/h1-6H,7H2,(H,19,20). The molecule has 2 aromatic carbocycles. The van der Waals surface area contributed by atoms with Crippen LogP contribution >= 0.6 is 27.5 Å². The molecule has 6 heteroatoms. The normalized spacial score (nSPS) is 10.4. The van der Waals surface area contributed by atoms with Crippen molar-refractivity contribution in [3.63, 3.8) is 0 Å². The molecule has 1 N–H and O–H groups in total. The molecule has 0 fully saturated rings. The molecule has 2 aromatic rings. The van der Waals surface area contributed by atoms with Crippen LogP contribution in [0.1, 0.15) is 15.9 Å². The van der Waals surface area contributed by atoms with Crippen LogP contribution in [0.25, 0.3) is 0 Å². The van der Waals surface area contributed by atoms with Gasteiger partial charge in [-0.05, 0) is 51.8 Å². The summed E-state index contributed by atoms with van der Waals surface area (Å²) in [6.07, 6.45) is 0. The van der Waals surface area contributed by atoms with E-state index in [2.05, 4.69) is 21.2 Å². The maximum Gasteiger partial charge on any atom is 0.251 e. The minimum Gasteiger partial charge on any atom is -0.348 e. The zero-order chi connectivity index (χ0) is 14.7. The summed E-state index contributed by atoms with van der Waals surface area (Å²) in [4.78, 5) is 11.8. The van der Waals surface area contributed by atoms with E-state index in [1.807, 2.05) is 0 Å². The molecule has 0 saturated heterocycles. The largest absolute Gasteiger partial charge is 0.348 e. The Kier molecular flexibility index (Phi) is 4.73. The summed E-state index contributed by atoms with van der Waals surface area (Å²) in [6, 6.07) is 8.27. The second-order valence-corrected chi connectivity index (χ2v) is 5.32. The molecule has 1 amide bonds. The summed E-state index contributed by atoms with van der Waals surface area (Å²) in [5, 5.41) is 2.60. The highest BCUT2D eigenvalue weighted by Crippen LogP contribution is 2.17. The van der Waals surface area contributed by atoms with E-state index in [4.69, 9.17) is 11.6 Å². The van der Waals surface area contributed by atoms with Gasteiger partial charge in [0.15, 0.2) is 0 Å². The molecule has 0 heterocycles. The number of hydrogen-bond acceptors (Lipinski definition) is 1. The van der Waals surface area contributed by atoms with E-state index >= 15 is 0 Å². The fourth-order valence-corrected chi connectivity index (χ4v) is 2.02. The maximum absolute atomic E-state index is 13.3. The molecule has 2 nitrogen and oxygen atoms in total. The molecule has 104 valence electrons. The van der Waals surface area contributed by atoms with Gasteiger partial charge in [-0.2, -0.15) is 0 Å². The Morgan fingerprint density at radius 2 is 1.90 bits per heavy atom. The lowest BCUT2D eigenvalue weighted by Crippen LogP contribution is -2.22. The number of amides is 1. The van der Waals surface area contributed by atoms with Gasteiger partial charge in [0.05, 0.1) is 9.50 Å². The molecule has 0 saturated carbocycles. The molecule has 0 aliphatic heterocycles. The first kappa shape index (κ1) is 14.9. The van der Waals surface area contributed by atoms with Crippen molar-refractivity contribution in [2.45, 2.75) is 6.54 Å². The van der Waals surface area contributed by atoms with Crippen LogP contribution in [-0.4, -0.2) is 5.91 Å². The van der Waals surface area contributed by atoms with Crippen LogP contribution in [0.4, 0.5) is 8.78 Å². The van der Waals surface area contributed by atoms with Crippen molar-refractivity contribution in [1.29, 1.82) is 0 Å². The van der Waals surface area contributed by atoms with Gasteiger partial charge >= 0.3 is 0 Å². The van der Waals surface area contributed by atoms with Gasteiger partial charge in [0.1, 0.15) is 11.6 Å². The molecule has 0 bridgehead atoms. The van der Waals surface area contributed by atoms with Crippen molar-refractivity contribution in [3.8, 4) is 0 Å². The predicted octanol–water partition coefficient (Wildman–Crippen LogP) is 4.31. The number of rotatable bonds is 3. The summed E-state index contributed by atoms with van der Waals surface area (Å²) in [7, 11) is 0. The molecule has 0 aliphatic carbocycles. The summed E-state index contributed by atoms with van der Waals surface area (Å²) >= 11 is 8.65. The third kappa shape index (κ3) is 3.55. The maximum atomic E-state index is 13.3. The van der Waals surface area contributed by atoms with E-state index in [0.29, 0.717) is 10.0 Å². The number of hydrogen-bond donors (Lipinski definition) is 1. The highest BCUT2D eigenvalue weighted by atomic mass is 79.9. The van der Waals surface area contributed by atoms with E-state index in [-0.39, 0.29) is 17.1 Å². The minimum atomic E-state index is -0.517. The zero-order valence-electron chi connectivity index (χ0n) is 10.1.